The summed E-state index contributed by atoms with van der Waals surface area (Å²) >= 11 is 0. The molecule has 13 rings (SSSR count). The molecule has 350 valence electrons. The quantitative estimate of drug-likeness (QED) is 0.114. The fourth-order valence-corrected chi connectivity index (χ4v) is 10.2. The van der Waals surface area contributed by atoms with Gasteiger partial charge in [-0.1, -0.05) is 182 Å². The first-order valence-electron chi connectivity index (χ1n) is 27.1. The Hall–Kier alpha value is -9.97. The SMILES string of the molecule is [2H]c1c([2H])c([2H])c(-c2nc3c(ccc4ccc5ccc(N(c6cccc(N(c7ccccc7)c7cccc(N(c8ccccc8)c8ccccc8)c7)c6)c6ccccc6-c6ccccc6-c6ccccc6)cc5c43)o2)c([2H])c1[2H]. The normalized spacial score (nSPS) is 12.2. The van der Waals surface area contributed by atoms with Crippen LogP contribution in [-0.2, 0) is 0 Å². The molecule has 0 saturated carbocycles. The van der Waals surface area contributed by atoms with E-state index in [0.29, 0.717) is 11.1 Å². The molecule has 0 unspecified atom stereocenters. The number of hydrogen-bond acceptors (Lipinski definition) is 5. The highest BCUT2D eigenvalue weighted by Gasteiger charge is 2.23. The Bertz CT molecular complexity index is 4340. The first-order chi connectivity index (χ1) is 38.8. The van der Waals surface area contributed by atoms with E-state index in [1.807, 2.05) is 36.4 Å². The van der Waals surface area contributed by atoms with Gasteiger partial charge in [-0.3, -0.25) is 0 Å². The summed E-state index contributed by atoms with van der Waals surface area (Å²) in [5.74, 6) is -0.0431. The number of hydrogen-bond donors (Lipinski definition) is 0. The summed E-state index contributed by atoms with van der Waals surface area (Å²) in [4.78, 5) is 11.9. The topological polar surface area (TPSA) is 35.8 Å². The number of nitrogens with zero attached hydrogens (tertiary/aromatic N) is 4. The molecule has 74 heavy (non-hydrogen) atoms. The van der Waals surface area contributed by atoms with E-state index in [2.05, 4.69) is 239 Å². The van der Waals surface area contributed by atoms with Gasteiger partial charge in [0, 0.05) is 62.0 Å². The maximum absolute atomic E-state index is 8.77. The van der Waals surface area contributed by atoms with Crippen molar-refractivity contribution in [2.45, 2.75) is 0 Å². The largest absolute Gasteiger partial charge is 0.436 e. The minimum atomic E-state index is -0.477. The maximum Gasteiger partial charge on any atom is 0.227 e. The smallest absolute Gasteiger partial charge is 0.227 e. The van der Waals surface area contributed by atoms with Gasteiger partial charge in [0.2, 0.25) is 5.89 Å². The Kier molecular flexibility index (Phi) is 10.1. The summed E-state index contributed by atoms with van der Waals surface area (Å²) in [6, 6.07) is 88.6. The zero-order valence-electron chi connectivity index (χ0n) is 45.0. The van der Waals surface area contributed by atoms with Crippen LogP contribution in [0.15, 0.2) is 295 Å². The van der Waals surface area contributed by atoms with Gasteiger partial charge in [-0.15, -0.1) is 0 Å². The lowest BCUT2D eigenvalue weighted by Crippen LogP contribution is -2.15. The number of benzene rings is 12. The summed E-state index contributed by atoms with van der Waals surface area (Å²) in [7, 11) is 0. The second-order valence-corrected chi connectivity index (χ2v) is 18.0. The van der Waals surface area contributed by atoms with Crippen LogP contribution in [0.2, 0.25) is 0 Å². The molecule has 0 amide bonds. The predicted octanol–water partition coefficient (Wildman–Crippen LogP) is 19.5. The molecule has 13 aromatic rings. The van der Waals surface area contributed by atoms with Crippen LogP contribution < -0.4 is 14.7 Å². The van der Waals surface area contributed by atoms with E-state index in [1.54, 1.807) is 0 Å². The molecule has 0 aliphatic carbocycles. The Morgan fingerprint density at radius 3 is 1.42 bits per heavy atom. The number of para-hydroxylation sites is 4. The molecule has 0 aliphatic heterocycles. The fraction of sp³-hybridized carbons (Fsp3) is 0. The first-order valence-corrected chi connectivity index (χ1v) is 24.6. The van der Waals surface area contributed by atoms with E-state index in [-0.39, 0.29) is 23.5 Å². The molecular formula is C69H48N4O. The van der Waals surface area contributed by atoms with Crippen molar-refractivity contribution in [1.29, 1.82) is 0 Å². The van der Waals surface area contributed by atoms with Gasteiger partial charge < -0.3 is 19.1 Å². The molecule has 0 fully saturated rings. The number of anilines is 9. The molecule has 1 heterocycles. The average molecular weight is 954 g/mol. The fourth-order valence-electron chi connectivity index (χ4n) is 10.2. The summed E-state index contributed by atoms with van der Waals surface area (Å²) < 4.78 is 48.9. The van der Waals surface area contributed by atoms with Gasteiger partial charge >= 0.3 is 0 Å². The molecule has 0 N–H and O–H groups in total. The van der Waals surface area contributed by atoms with Crippen LogP contribution in [0.5, 0.6) is 0 Å². The second kappa shape index (κ2) is 19.3. The zero-order valence-corrected chi connectivity index (χ0v) is 40.0. The summed E-state index contributed by atoms with van der Waals surface area (Å²) in [5, 5.41) is 3.57. The summed E-state index contributed by atoms with van der Waals surface area (Å²) in [6.45, 7) is 0. The minimum absolute atomic E-state index is 0.0431. The Morgan fingerprint density at radius 2 is 0.797 bits per heavy atom. The highest BCUT2D eigenvalue weighted by molar-refractivity contribution is 6.19. The lowest BCUT2D eigenvalue weighted by atomic mass is 9.93. The monoisotopic (exact) mass is 953 g/mol. The van der Waals surface area contributed by atoms with Crippen LogP contribution >= 0.6 is 0 Å². The van der Waals surface area contributed by atoms with Gasteiger partial charge in [0.25, 0.3) is 0 Å². The van der Waals surface area contributed by atoms with Crippen LogP contribution in [0, 0.1) is 0 Å². The Morgan fingerprint density at radius 1 is 0.338 bits per heavy atom. The third-order valence-electron chi connectivity index (χ3n) is 13.5. The van der Waals surface area contributed by atoms with Gasteiger partial charge in [-0.05, 0) is 142 Å². The number of oxazole rings is 1. The van der Waals surface area contributed by atoms with Gasteiger partial charge in [0.1, 0.15) is 5.52 Å². The Labute approximate surface area is 437 Å². The third kappa shape index (κ3) is 8.28. The molecule has 5 heteroatoms. The number of fused-ring (bicyclic) bond motifs is 5. The highest BCUT2D eigenvalue weighted by atomic mass is 16.3. The van der Waals surface area contributed by atoms with Crippen molar-refractivity contribution in [3.05, 3.63) is 291 Å². The Balaban J connectivity index is 1.03. The van der Waals surface area contributed by atoms with Crippen LogP contribution in [0.1, 0.15) is 6.85 Å². The molecule has 0 saturated heterocycles. The maximum atomic E-state index is 8.77. The summed E-state index contributed by atoms with van der Waals surface area (Å²) in [6.07, 6.45) is 0. The van der Waals surface area contributed by atoms with Crippen molar-refractivity contribution in [2.75, 3.05) is 14.7 Å². The zero-order chi connectivity index (χ0) is 53.6. The van der Waals surface area contributed by atoms with E-state index in [4.69, 9.17) is 16.3 Å². The molecule has 5 nitrogen and oxygen atoms in total. The molecular weight excluding hydrogens is 901 g/mol. The van der Waals surface area contributed by atoms with Crippen molar-refractivity contribution >= 4 is 83.8 Å². The summed E-state index contributed by atoms with van der Waals surface area (Å²) in [5.41, 5.74) is 13.9. The van der Waals surface area contributed by atoms with E-state index in [1.165, 1.54) is 0 Å². The van der Waals surface area contributed by atoms with Crippen molar-refractivity contribution in [2.24, 2.45) is 0 Å². The van der Waals surface area contributed by atoms with Gasteiger partial charge in [-0.25, -0.2) is 4.98 Å². The third-order valence-corrected chi connectivity index (χ3v) is 13.5. The van der Waals surface area contributed by atoms with E-state index in [0.717, 1.165) is 95.0 Å². The predicted molar refractivity (Wildman–Crippen MR) is 309 cm³/mol. The van der Waals surface area contributed by atoms with Crippen LogP contribution in [-0.4, -0.2) is 4.98 Å². The second-order valence-electron chi connectivity index (χ2n) is 18.0. The van der Waals surface area contributed by atoms with Crippen molar-refractivity contribution in [1.82, 2.24) is 4.98 Å². The van der Waals surface area contributed by atoms with Crippen molar-refractivity contribution in [3.63, 3.8) is 0 Å². The van der Waals surface area contributed by atoms with E-state index >= 15 is 0 Å². The molecule has 0 aliphatic rings. The number of aromatic nitrogens is 1. The van der Waals surface area contributed by atoms with E-state index < -0.39 is 18.1 Å². The van der Waals surface area contributed by atoms with Gasteiger partial charge in [0.05, 0.1) is 12.5 Å². The van der Waals surface area contributed by atoms with Crippen LogP contribution in [0.3, 0.4) is 0 Å². The van der Waals surface area contributed by atoms with Crippen molar-refractivity contribution < 1.29 is 11.3 Å². The molecule has 0 radical (unpaired) electrons. The van der Waals surface area contributed by atoms with Gasteiger partial charge in [-0.2, -0.15) is 0 Å². The molecule has 0 spiro atoms. The van der Waals surface area contributed by atoms with Crippen LogP contribution in [0.4, 0.5) is 51.2 Å². The molecule has 0 bridgehead atoms. The number of rotatable bonds is 12. The van der Waals surface area contributed by atoms with Gasteiger partial charge in [0.15, 0.2) is 5.58 Å². The minimum Gasteiger partial charge on any atom is -0.436 e. The highest BCUT2D eigenvalue weighted by Crippen LogP contribution is 2.47. The van der Waals surface area contributed by atoms with E-state index in [9.17, 15) is 0 Å². The standard InChI is InChI=1S/C69H48N4O/c1-6-22-49(23-7-1)61-36-16-17-37-62(61)63-38-18-19-39-65(63)73(60-44-42-50-40-41-51-43-45-66-68(67(51)64(50)48-60)70-69(74-66)52-24-8-2-9-25-52)59-35-21-34-58(47-59)72(55-30-14-5-15-31-55)57-33-20-32-56(46-57)71(53-26-10-3-11-27-53)54-28-12-4-13-29-54/h1-48H/i2D,8D,9D,24D,25D. The lowest BCUT2D eigenvalue weighted by molar-refractivity contribution is 0.620. The lowest BCUT2D eigenvalue weighted by Gasteiger charge is -2.32. The molecule has 1 aromatic heterocycles. The molecule has 12 aromatic carbocycles. The van der Waals surface area contributed by atoms with Crippen molar-refractivity contribution in [3.8, 4) is 33.7 Å². The average Bonchev–Trinajstić information content (AvgIpc) is 4.15. The molecule has 0 atom stereocenters. The first kappa shape index (κ1) is 38.7. The van der Waals surface area contributed by atoms with Crippen LogP contribution in [0.25, 0.3) is 66.4 Å².